The second kappa shape index (κ2) is 7.99. The zero-order valence-corrected chi connectivity index (χ0v) is 15.6. The maximum absolute atomic E-state index is 11.1. The number of carbonyl (C=O) groups is 1. The van der Waals surface area contributed by atoms with Gasteiger partial charge in [-0.1, -0.05) is 12.2 Å². The van der Waals surface area contributed by atoms with Gasteiger partial charge >= 0.3 is 5.97 Å². The lowest BCUT2D eigenvalue weighted by Gasteiger charge is -2.20. The summed E-state index contributed by atoms with van der Waals surface area (Å²) in [6.45, 7) is 4.51. The molecule has 1 aliphatic carbocycles. The summed E-state index contributed by atoms with van der Waals surface area (Å²) in [5.74, 6) is 1.78. The Morgan fingerprint density at radius 1 is 1.15 bits per heavy atom. The van der Waals surface area contributed by atoms with Crippen LogP contribution in [0.2, 0.25) is 0 Å². The van der Waals surface area contributed by atoms with Crippen LogP contribution in [0.1, 0.15) is 25.3 Å². The van der Waals surface area contributed by atoms with Crippen LogP contribution in [0.3, 0.4) is 0 Å². The standard InChI is InChI=1S/C20H27NO5/c1-13(20(22)23)26-19-17(24-2)8-14(9-18(19)25-3)10-21-11-15-6-4-5-7-16(15)12-21/h4-5,8-9,13,15-16H,6-7,10-12H2,1-3H3,(H,22,23)/t13-,15-,16+/m1/s1. The van der Waals surface area contributed by atoms with Crippen molar-refractivity contribution >= 4 is 5.97 Å². The Hall–Kier alpha value is -2.21. The highest BCUT2D eigenvalue weighted by Gasteiger charge is 2.32. The van der Waals surface area contributed by atoms with Crippen LogP contribution in [0.25, 0.3) is 0 Å². The van der Waals surface area contributed by atoms with Crippen molar-refractivity contribution in [1.82, 2.24) is 4.90 Å². The molecular formula is C20H27NO5. The molecule has 1 aromatic rings. The summed E-state index contributed by atoms with van der Waals surface area (Å²) in [6.07, 6.45) is 5.96. The number of fused-ring (bicyclic) bond motifs is 1. The van der Waals surface area contributed by atoms with E-state index >= 15 is 0 Å². The van der Waals surface area contributed by atoms with Crippen LogP contribution in [-0.2, 0) is 11.3 Å². The van der Waals surface area contributed by atoms with Gasteiger partial charge in [0, 0.05) is 19.6 Å². The lowest BCUT2D eigenvalue weighted by molar-refractivity contribution is -0.144. The Morgan fingerprint density at radius 3 is 2.15 bits per heavy atom. The van der Waals surface area contributed by atoms with Gasteiger partial charge in [-0.2, -0.15) is 0 Å². The van der Waals surface area contributed by atoms with Crippen molar-refractivity contribution in [2.75, 3.05) is 27.3 Å². The third kappa shape index (κ3) is 3.96. The molecule has 1 aliphatic heterocycles. The lowest BCUT2D eigenvalue weighted by Crippen LogP contribution is -2.23. The SMILES string of the molecule is COc1cc(CN2C[C@H]3CC=CC[C@H]3C2)cc(OC)c1O[C@H](C)C(=O)O. The summed E-state index contributed by atoms with van der Waals surface area (Å²) in [7, 11) is 3.10. The number of nitrogens with zero attached hydrogens (tertiary/aromatic N) is 1. The second-order valence-electron chi connectivity index (χ2n) is 7.08. The fourth-order valence-corrected chi connectivity index (χ4v) is 3.87. The number of rotatable bonds is 7. The molecule has 0 unspecified atom stereocenters. The van der Waals surface area contributed by atoms with E-state index < -0.39 is 12.1 Å². The third-order valence-corrected chi connectivity index (χ3v) is 5.27. The van der Waals surface area contributed by atoms with Crippen molar-refractivity contribution in [3.05, 3.63) is 29.8 Å². The van der Waals surface area contributed by atoms with Crippen LogP contribution in [0, 0.1) is 11.8 Å². The number of hydrogen-bond donors (Lipinski definition) is 1. The minimum absolute atomic E-state index is 0.327. The van der Waals surface area contributed by atoms with E-state index in [9.17, 15) is 4.79 Å². The molecule has 26 heavy (non-hydrogen) atoms. The van der Waals surface area contributed by atoms with Gasteiger partial charge in [-0.25, -0.2) is 4.79 Å². The van der Waals surface area contributed by atoms with Crippen molar-refractivity contribution in [3.63, 3.8) is 0 Å². The molecular weight excluding hydrogens is 334 g/mol. The van der Waals surface area contributed by atoms with Crippen molar-refractivity contribution in [3.8, 4) is 17.2 Å². The van der Waals surface area contributed by atoms with E-state index in [1.807, 2.05) is 12.1 Å². The highest BCUT2D eigenvalue weighted by molar-refractivity contribution is 5.72. The number of carboxylic acid groups (broad SMARTS) is 1. The Kier molecular flexibility index (Phi) is 5.71. The normalized spacial score (nSPS) is 23.3. The number of likely N-dealkylation sites (tertiary alicyclic amines) is 1. The summed E-state index contributed by atoms with van der Waals surface area (Å²) in [5, 5.41) is 9.10. The Labute approximate surface area is 154 Å². The van der Waals surface area contributed by atoms with Gasteiger partial charge in [0.1, 0.15) is 0 Å². The van der Waals surface area contributed by atoms with E-state index in [1.165, 1.54) is 19.8 Å². The average Bonchev–Trinajstić information content (AvgIpc) is 3.04. The highest BCUT2D eigenvalue weighted by atomic mass is 16.6. The summed E-state index contributed by atoms with van der Waals surface area (Å²) >= 11 is 0. The van der Waals surface area contributed by atoms with Gasteiger partial charge in [-0.05, 0) is 49.3 Å². The molecule has 0 amide bonds. The van der Waals surface area contributed by atoms with Gasteiger partial charge in [0.15, 0.2) is 17.6 Å². The molecule has 3 atom stereocenters. The molecule has 2 aliphatic rings. The Morgan fingerprint density at radius 2 is 1.69 bits per heavy atom. The van der Waals surface area contributed by atoms with E-state index in [1.54, 1.807) is 14.2 Å². The molecule has 0 spiro atoms. The topological polar surface area (TPSA) is 68.2 Å². The van der Waals surface area contributed by atoms with Crippen molar-refractivity contribution in [2.24, 2.45) is 11.8 Å². The predicted molar refractivity (Wildman–Crippen MR) is 97.9 cm³/mol. The van der Waals surface area contributed by atoms with Gasteiger partial charge in [0.05, 0.1) is 14.2 Å². The average molecular weight is 361 g/mol. The van der Waals surface area contributed by atoms with E-state index in [0.29, 0.717) is 17.2 Å². The van der Waals surface area contributed by atoms with Crippen LogP contribution in [0.5, 0.6) is 17.2 Å². The minimum atomic E-state index is -1.04. The zero-order valence-electron chi connectivity index (χ0n) is 15.6. The van der Waals surface area contributed by atoms with Crippen LogP contribution in [0.15, 0.2) is 24.3 Å². The van der Waals surface area contributed by atoms with E-state index in [-0.39, 0.29) is 0 Å². The molecule has 1 N–H and O–H groups in total. The van der Waals surface area contributed by atoms with Crippen LogP contribution in [-0.4, -0.2) is 49.4 Å². The maximum atomic E-state index is 11.1. The van der Waals surface area contributed by atoms with Crippen molar-refractivity contribution in [1.29, 1.82) is 0 Å². The molecule has 1 aromatic carbocycles. The van der Waals surface area contributed by atoms with Crippen molar-refractivity contribution < 1.29 is 24.1 Å². The highest BCUT2D eigenvalue weighted by Crippen LogP contribution is 2.40. The molecule has 0 radical (unpaired) electrons. The number of benzene rings is 1. The second-order valence-corrected chi connectivity index (χ2v) is 7.08. The van der Waals surface area contributed by atoms with E-state index in [0.717, 1.165) is 37.0 Å². The molecule has 0 aromatic heterocycles. The summed E-state index contributed by atoms with van der Waals surface area (Å²) in [4.78, 5) is 13.6. The Balaban J connectivity index is 1.77. The van der Waals surface area contributed by atoms with Crippen LogP contribution >= 0.6 is 0 Å². The fraction of sp³-hybridized carbons (Fsp3) is 0.550. The van der Waals surface area contributed by atoms with E-state index in [4.69, 9.17) is 19.3 Å². The summed E-state index contributed by atoms with van der Waals surface area (Å²) in [6, 6.07) is 3.82. The Bertz CT molecular complexity index is 646. The number of hydrogen-bond acceptors (Lipinski definition) is 5. The van der Waals surface area contributed by atoms with Gasteiger partial charge in [-0.3, -0.25) is 4.90 Å². The van der Waals surface area contributed by atoms with Crippen molar-refractivity contribution in [2.45, 2.75) is 32.4 Å². The molecule has 1 fully saturated rings. The van der Waals surface area contributed by atoms with E-state index in [2.05, 4.69) is 17.1 Å². The maximum Gasteiger partial charge on any atom is 0.344 e. The first-order valence-corrected chi connectivity index (χ1v) is 9.03. The van der Waals surface area contributed by atoms with Gasteiger partial charge in [-0.15, -0.1) is 0 Å². The number of aliphatic carboxylic acids is 1. The molecule has 0 bridgehead atoms. The van der Waals surface area contributed by atoms with Crippen LogP contribution < -0.4 is 14.2 Å². The summed E-state index contributed by atoms with van der Waals surface area (Å²) < 4.78 is 16.4. The number of carboxylic acids is 1. The molecule has 3 rings (SSSR count). The number of allylic oxidation sites excluding steroid dienone is 2. The smallest absolute Gasteiger partial charge is 0.344 e. The fourth-order valence-electron chi connectivity index (χ4n) is 3.87. The summed E-state index contributed by atoms with van der Waals surface area (Å²) in [5.41, 5.74) is 1.07. The first-order valence-electron chi connectivity index (χ1n) is 9.03. The zero-order chi connectivity index (χ0) is 18.7. The molecule has 1 heterocycles. The third-order valence-electron chi connectivity index (χ3n) is 5.27. The molecule has 1 saturated heterocycles. The van der Waals surface area contributed by atoms with Gasteiger partial charge in [0.2, 0.25) is 5.75 Å². The first kappa shape index (κ1) is 18.6. The minimum Gasteiger partial charge on any atom is -0.493 e. The molecule has 142 valence electrons. The quantitative estimate of drug-likeness (QED) is 0.753. The number of ether oxygens (including phenoxy) is 3. The largest absolute Gasteiger partial charge is 0.493 e. The van der Waals surface area contributed by atoms with Crippen LogP contribution in [0.4, 0.5) is 0 Å². The monoisotopic (exact) mass is 361 g/mol. The predicted octanol–water partition coefficient (Wildman–Crippen LogP) is 2.95. The lowest BCUT2D eigenvalue weighted by atomic mass is 9.86. The number of methoxy groups -OCH3 is 2. The first-order chi connectivity index (χ1) is 12.5. The molecule has 6 nitrogen and oxygen atoms in total. The van der Waals surface area contributed by atoms with Gasteiger partial charge in [0.25, 0.3) is 0 Å². The molecule has 6 heteroatoms. The molecule has 0 saturated carbocycles. The van der Waals surface area contributed by atoms with Gasteiger partial charge < -0.3 is 19.3 Å².